The molecule has 0 amide bonds. The van der Waals surface area contributed by atoms with Crippen molar-refractivity contribution in [3.8, 4) is 0 Å². The minimum Gasteiger partial charge on any atom is -0.357 e. The highest BCUT2D eigenvalue weighted by atomic mass is 15.0. The molecule has 1 aromatic carbocycles. The average molecular weight is 284 g/mol. The summed E-state index contributed by atoms with van der Waals surface area (Å²) in [6, 6.07) is 9.21. The Morgan fingerprint density at radius 1 is 1.29 bits per heavy atom. The van der Waals surface area contributed by atoms with Crippen LogP contribution in [0.5, 0.6) is 0 Å². The maximum absolute atomic E-state index is 3.81. The van der Waals surface area contributed by atoms with Crippen molar-refractivity contribution in [2.24, 2.45) is 11.3 Å². The highest BCUT2D eigenvalue weighted by Gasteiger charge is 2.26. The molecule has 2 heteroatoms. The molecule has 2 atom stereocenters. The quantitative estimate of drug-likeness (QED) is 0.831. The van der Waals surface area contributed by atoms with E-state index < -0.39 is 0 Å². The number of aromatic nitrogens is 1. The summed E-state index contributed by atoms with van der Waals surface area (Å²) < 4.78 is 0. The summed E-state index contributed by atoms with van der Waals surface area (Å²) in [6.45, 7) is 10.4. The lowest BCUT2D eigenvalue weighted by Crippen LogP contribution is -2.33. The molecule has 0 bridgehead atoms. The van der Waals surface area contributed by atoms with Crippen LogP contribution in [0.15, 0.2) is 24.3 Å². The maximum atomic E-state index is 3.81. The second kappa shape index (κ2) is 5.49. The van der Waals surface area contributed by atoms with Crippen molar-refractivity contribution >= 4 is 10.9 Å². The molecule has 2 nitrogen and oxygen atoms in total. The van der Waals surface area contributed by atoms with Crippen molar-refractivity contribution < 1.29 is 0 Å². The number of para-hydroxylation sites is 1. The van der Waals surface area contributed by atoms with Gasteiger partial charge >= 0.3 is 0 Å². The Morgan fingerprint density at radius 3 is 2.81 bits per heavy atom. The van der Waals surface area contributed by atoms with E-state index >= 15 is 0 Å². The molecule has 114 valence electrons. The van der Waals surface area contributed by atoms with E-state index in [-0.39, 0.29) is 0 Å². The van der Waals surface area contributed by atoms with E-state index in [4.69, 9.17) is 0 Å². The van der Waals surface area contributed by atoms with Crippen molar-refractivity contribution in [1.29, 1.82) is 0 Å². The molecule has 2 unspecified atom stereocenters. The maximum Gasteiger partial charge on any atom is 0.0476 e. The summed E-state index contributed by atoms with van der Waals surface area (Å²) in [5.41, 5.74) is 4.63. The zero-order chi connectivity index (χ0) is 15.0. The first-order chi connectivity index (χ1) is 9.97. The first kappa shape index (κ1) is 14.6. The Bertz CT molecular complexity index is 618. The Kier molecular flexibility index (Phi) is 3.83. The van der Waals surface area contributed by atoms with Crippen LogP contribution in [0.3, 0.4) is 0 Å². The van der Waals surface area contributed by atoms with Crippen LogP contribution in [-0.2, 0) is 6.42 Å². The minimum absolute atomic E-state index is 0.366. The third kappa shape index (κ3) is 2.87. The number of hydrogen-bond donors (Lipinski definition) is 2. The van der Waals surface area contributed by atoms with Crippen molar-refractivity contribution in [2.45, 2.75) is 53.0 Å². The van der Waals surface area contributed by atoms with Crippen LogP contribution in [0, 0.1) is 11.3 Å². The zero-order valence-corrected chi connectivity index (χ0v) is 13.8. The molecule has 0 fully saturated rings. The zero-order valence-electron chi connectivity index (χ0n) is 13.8. The first-order valence-corrected chi connectivity index (χ1v) is 8.29. The third-order valence-corrected chi connectivity index (χ3v) is 5.26. The van der Waals surface area contributed by atoms with E-state index in [2.05, 4.69) is 62.3 Å². The number of aromatic amines is 1. The number of nitrogens with one attached hydrogen (secondary N) is 2. The molecule has 21 heavy (non-hydrogen) atoms. The van der Waals surface area contributed by atoms with Gasteiger partial charge in [-0.3, -0.25) is 0 Å². The van der Waals surface area contributed by atoms with Gasteiger partial charge in [-0.15, -0.1) is 0 Å². The van der Waals surface area contributed by atoms with Gasteiger partial charge in [0.2, 0.25) is 0 Å². The Balaban J connectivity index is 1.81. The molecular formula is C19H28N2. The molecule has 2 aromatic rings. The van der Waals surface area contributed by atoms with Crippen LogP contribution < -0.4 is 5.32 Å². The number of rotatable bonds is 3. The van der Waals surface area contributed by atoms with Crippen molar-refractivity contribution in [2.75, 3.05) is 6.54 Å². The number of hydrogen-bond acceptors (Lipinski definition) is 1. The molecule has 1 aliphatic carbocycles. The Morgan fingerprint density at radius 2 is 2.05 bits per heavy atom. The molecule has 0 saturated carbocycles. The van der Waals surface area contributed by atoms with Gasteiger partial charge in [0.05, 0.1) is 0 Å². The minimum atomic E-state index is 0.366. The standard InChI is InChI=1S/C19H28N2/c1-13(19(2,3)4)12-20-17-11-7-9-15-14-8-5-6-10-16(14)21-18(15)17/h5-6,8,10,13,17,20-21H,7,9,11-12H2,1-4H3. The summed E-state index contributed by atoms with van der Waals surface area (Å²) in [5, 5.41) is 5.23. The van der Waals surface area contributed by atoms with Gasteiger partial charge < -0.3 is 10.3 Å². The van der Waals surface area contributed by atoms with Crippen LogP contribution in [0.4, 0.5) is 0 Å². The number of H-pyrrole nitrogens is 1. The highest BCUT2D eigenvalue weighted by Crippen LogP contribution is 2.35. The fourth-order valence-corrected chi connectivity index (χ4v) is 3.24. The monoisotopic (exact) mass is 284 g/mol. The molecular weight excluding hydrogens is 256 g/mol. The van der Waals surface area contributed by atoms with Gasteiger partial charge in [-0.05, 0) is 48.8 Å². The van der Waals surface area contributed by atoms with Crippen molar-refractivity contribution in [1.82, 2.24) is 10.3 Å². The molecule has 2 N–H and O–H groups in total. The first-order valence-electron chi connectivity index (χ1n) is 8.29. The SMILES string of the molecule is CC(CNC1CCCc2c1[nH]c1ccccc21)C(C)(C)C. The van der Waals surface area contributed by atoms with E-state index in [1.54, 1.807) is 0 Å². The normalized spacial score (nSPS) is 20.5. The summed E-state index contributed by atoms with van der Waals surface area (Å²) in [5.74, 6) is 0.673. The second-order valence-corrected chi connectivity index (χ2v) is 7.68. The number of aryl methyl sites for hydroxylation is 1. The molecule has 0 spiro atoms. The molecule has 0 radical (unpaired) electrons. The molecule has 0 saturated heterocycles. The van der Waals surface area contributed by atoms with Crippen LogP contribution in [0.1, 0.15) is 57.8 Å². The van der Waals surface area contributed by atoms with Crippen LogP contribution >= 0.6 is 0 Å². The van der Waals surface area contributed by atoms with E-state index in [1.165, 1.54) is 41.4 Å². The molecule has 0 aliphatic heterocycles. The van der Waals surface area contributed by atoms with Crippen molar-refractivity contribution in [3.05, 3.63) is 35.5 Å². The van der Waals surface area contributed by atoms with E-state index in [1.807, 2.05) is 0 Å². The van der Waals surface area contributed by atoms with Gasteiger partial charge in [0.25, 0.3) is 0 Å². The lowest BCUT2D eigenvalue weighted by atomic mass is 9.81. The topological polar surface area (TPSA) is 27.8 Å². The average Bonchev–Trinajstić information content (AvgIpc) is 2.83. The van der Waals surface area contributed by atoms with Gasteiger partial charge in [-0.2, -0.15) is 0 Å². The predicted octanol–water partition coefficient (Wildman–Crippen LogP) is 4.82. The second-order valence-electron chi connectivity index (χ2n) is 7.68. The van der Waals surface area contributed by atoms with E-state index in [0.717, 1.165) is 6.54 Å². The lowest BCUT2D eigenvalue weighted by molar-refractivity contribution is 0.241. The Hall–Kier alpha value is -1.28. The van der Waals surface area contributed by atoms with Gasteiger partial charge in [0, 0.05) is 22.6 Å². The van der Waals surface area contributed by atoms with E-state index in [0.29, 0.717) is 17.4 Å². The predicted molar refractivity (Wildman–Crippen MR) is 90.6 cm³/mol. The molecule has 1 aliphatic rings. The number of benzene rings is 1. The van der Waals surface area contributed by atoms with Gasteiger partial charge in [-0.25, -0.2) is 0 Å². The molecule has 1 aromatic heterocycles. The summed E-state index contributed by atoms with van der Waals surface area (Å²) >= 11 is 0. The van der Waals surface area contributed by atoms with Crippen LogP contribution in [-0.4, -0.2) is 11.5 Å². The van der Waals surface area contributed by atoms with Crippen LogP contribution in [0.2, 0.25) is 0 Å². The van der Waals surface area contributed by atoms with Crippen molar-refractivity contribution in [3.63, 3.8) is 0 Å². The highest BCUT2D eigenvalue weighted by molar-refractivity contribution is 5.85. The molecule has 1 heterocycles. The van der Waals surface area contributed by atoms with Gasteiger partial charge in [-0.1, -0.05) is 45.9 Å². The van der Waals surface area contributed by atoms with Crippen LogP contribution in [0.25, 0.3) is 10.9 Å². The fraction of sp³-hybridized carbons (Fsp3) is 0.579. The van der Waals surface area contributed by atoms with Gasteiger partial charge in [0.15, 0.2) is 0 Å². The third-order valence-electron chi connectivity index (χ3n) is 5.26. The molecule has 3 rings (SSSR count). The smallest absolute Gasteiger partial charge is 0.0476 e. The summed E-state index contributed by atoms with van der Waals surface area (Å²) in [6.07, 6.45) is 3.75. The number of fused-ring (bicyclic) bond motifs is 3. The Labute approximate surface area is 128 Å². The lowest BCUT2D eigenvalue weighted by Gasteiger charge is -2.31. The fourth-order valence-electron chi connectivity index (χ4n) is 3.24. The van der Waals surface area contributed by atoms with E-state index in [9.17, 15) is 0 Å². The summed E-state index contributed by atoms with van der Waals surface area (Å²) in [4.78, 5) is 3.67. The van der Waals surface area contributed by atoms with Gasteiger partial charge in [0.1, 0.15) is 0 Å². The summed E-state index contributed by atoms with van der Waals surface area (Å²) in [7, 11) is 0. The largest absolute Gasteiger partial charge is 0.357 e.